The fourth-order valence-corrected chi connectivity index (χ4v) is 2.46. The van der Waals surface area contributed by atoms with Crippen LogP contribution in [-0.2, 0) is 6.54 Å². The highest BCUT2D eigenvalue weighted by Crippen LogP contribution is 2.15. The van der Waals surface area contributed by atoms with Crippen LogP contribution in [0.3, 0.4) is 0 Å². The average molecular weight is 261 g/mol. The summed E-state index contributed by atoms with van der Waals surface area (Å²) in [6.45, 7) is 2.60. The number of hydrogen-bond donors (Lipinski definition) is 2. The van der Waals surface area contributed by atoms with Gasteiger partial charge in [0.05, 0.1) is 12.1 Å². The molecule has 0 aliphatic rings. The first-order chi connectivity index (χ1) is 8.70. The highest BCUT2D eigenvalue weighted by Gasteiger charge is 2.10. The third-order valence-electron chi connectivity index (χ3n) is 2.51. The van der Waals surface area contributed by atoms with Gasteiger partial charge in [-0.3, -0.25) is 4.79 Å². The van der Waals surface area contributed by atoms with Gasteiger partial charge in [-0.05, 0) is 31.2 Å². The van der Waals surface area contributed by atoms with Gasteiger partial charge in [-0.2, -0.15) is 0 Å². The van der Waals surface area contributed by atoms with Gasteiger partial charge in [-0.25, -0.2) is 4.98 Å². The Morgan fingerprint density at radius 1 is 1.39 bits per heavy atom. The number of aryl methyl sites for hydroxylation is 1. The Labute approximate surface area is 110 Å². The van der Waals surface area contributed by atoms with Crippen molar-refractivity contribution in [2.24, 2.45) is 0 Å². The van der Waals surface area contributed by atoms with E-state index in [4.69, 9.17) is 0 Å². The smallest absolute Gasteiger partial charge is 0.255 e. The van der Waals surface area contributed by atoms with E-state index >= 15 is 0 Å². The lowest BCUT2D eigenvalue weighted by atomic mass is 10.2. The quantitative estimate of drug-likeness (QED) is 0.888. The summed E-state index contributed by atoms with van der Waals surface area (Å²) < 4.78 is 0. The predicted molar refractivity (Wildman–Crippen MR) is 74.0 cm³/mol. The van der Waals surface area contributed by atoms with E-state index in [1.165, 1.54) is 4.88 Å². The molecule has 94 valence electrons. The van der Waals surface area contributed by atoms with Crippen molar-refractivity contribution >= 4 is 23.1 Å². The average Bonchev–Trinajstić information content (AvgIpc) is 2.81. The molecule has 0 radical (unpaired) electrons. The van der Waals surface area contributed by atoms with Crippen LogP contribution in [0.15, 0.2) is 30.5 Å². The molecule has 0 fully saturated rings. The topological polar surface area (TPSA) is 54.0 Å². The van der Waals surface area contributed by atoms with Gasteiger partial charge in [0, 0.05) is 23.0 Å². The molecule has 1 amide bonds. The molecule has 0 spiro atoms. The summed E-state index contributed by atoms with van der Waals surface area (Å²) in [5, 5.41) is 5.80. The fourth-order valence-electron chi connectivity index (χ4n) is 1.63. The van der Waals surface area contributed by atoms with E-state index < -0.39 is 0 Å². The molecule has 0 bridgehead atoms. The van der Waals surface area contributed by atoms with E-state index in [1.54, 1.807) is 36.7 Å². The molecule has 2 rings (SSSR count). The van der Waals surface area contributed by atoms with E-state index in [0.717, 1.165) is 4.88 Å². The zero-order valence-corrected chi connectivity index (χ0v) is 11.2. The molecule has 2 aromatic rings. The Balaban J connectivity index is 2.03. The monoisotopic (exact) mass is 261 g/mol. The van der Waals surface area contributed by atoms with Crippen molar-refractivity contribution in [1.82, 2.24) is 10.3 Å². The summed E-state index contributed by atoms with van der Waals surface area (Å²) in [4.78, 5) is 18.5. The highest BCUT2D eigenvalue weighted by molar-refractivity contribution is 7.11. The summed E-state index contributed by atoms with van der Waals surface area (Å²) in [5.41, 5.74) is 0.563. The number of carbonyl (C=O) groups excluding carboxylic acids is 1. The zero-order chi connectivity index (χ0) is 13.0. The van der Waals surface area contributed by atoms with Crippen LogP contribution in [0.5, 0.6) is 0 Å². The van der Waals surface area contributed by atoms with Crippen molar-refractivity contribution in [2.75, 3.05) is 12.4 Å². The molecule has 0 atom stereocenters. The van der Waals surface area contributed by atoms with Gasteiger partial charge in [0.1, 0.15) is 5.82 Å². The third kappa shape index (κ3) is 2.87. The van der Waals surface area contributed by atoms with Gasteiger partial charge < -0.3 is 10.6 Å². The second kappa shape index (κ2) is 5.64. The van der Waals surface area contributed by atoms with E-state index in [1.807, 2.05) is 6.07 Å². The minimum absolute atomic E-state index is 0.112. The second-order valence-electron chi connectivity index (χ2n) is 3.84. The minimum atomic E-state index is -0.112. The Hall–Kier alpha value is -1.88. The van der Waals surface area contributed by atoms with Crippen LogP contribution in [0, 0.1) is 6.92 Å². The molecule has 4 nitrogen and oxygen atoms in total. The zero-order valence-electron chi connectivity index (χ0n) is 10.4. The van der Waals surface area contributed by atoms with Gasteiger partial charge in [-0.1, -0.05) is 0 Å². The van der Waals surface area contributed by atoms with E-state index in [0.29, 0.717) is 17.9 Å². The molecule has 0 saturated heterocycles. The number of aromatic nitrogens is 1. The summed E-state index contributed by atoms with van der Waals surface area (Å²) in [6, 6.07) is 7.59. The minimum Gasteiger partial charge on any atom is -0.372 e. The van der Waals surface area contributed by atoms with Crippen LogP contribution >= 0.6 is 11.3 Å². The first kappa shape index (κ1) is 12.6. The molecule has 0 aromatic carbocycles. The number of nitrogens with zero attached hydrogens (tertiary/aromatic N) is 1. The highest BCUT2D eigenvalue weighted by atomic mass is 32.1. The Bertz CT molecular complexity index is 551. The lowest BCUT2D eigenvalue weighted by Crippen LogP contribution is -2.23. The first-order valence-corrected chi connectivity index (χ1v) is 6.48. The van der Waals surface area contributed by atoms with E-state index in [2.05, 4.69) is 28.6 Å². The van der Waals surface area contributed by atoms with Crippen molar-refractivity contribution in [3.05, 3.63) is 45.8 Å². The van der Waals surface area contributed by atoms with Crippen molar-refractivity contribution < 1.29 is 4.79 Å². The molecule has 5 heteroatoms. The SMILES string of the molecule is CNc1ncccc1C(=O)NCc1ccc(C)s1. The number of pyridine rings is 1. The summed E-state index contributed by atoms with van der Waals surface area (Å²) in [5.74, 6) is 0.482. The van der Waals surface area contributed by atoms with Crippen molar-refractivity contribution in [1.29, 1.82) is 0 Å². The van der Waals surface area contributed by atoms with Crippen LogP contribution in [-0.4, -0.2) is 17.9 Å². The van der Waals surface area contributed by atoms with Crippen molar-refractivity contribution in [2.45, 2.75) is 13.5 Å². The van der Waals surface area contributed by atoms with Crippen LogP contribution in [0.2, 0.25) is 0 Å². The maximum Gasteiger partial charge on any atom is 0.255 e. The Morgan fingerprint density at radius 3 is 2.89 bits per heavy atom. The van der Waals surface area contributed by atoms with Crippen molar-refractivity contribution in [3.63, 3.8) is 0 Å². The lowest BCUT2D eigenvalue weighted by molar-refractivity contribution is 0.0952. The summed E-state index contributed by atoms with van der Waals surface area (Å²) in [6.07, 6.45) is 1.66. The molecule has 0 saturated carbocycles. The second-order valence-corrected chi connectivity index (χ2v) is 5.22. The number of rotatable bonds is 4. The van der Waals surface area contributed by atoms with Gasteiger partial charge in [-0.15, -0.1) is 11.3 Å². The standard InChI is InChI=1S/C13H15N3OS/c1-9-5-6-10(18-9)8-16-13(17)11-4-3-7-15-12(11)14-2/h3-7H,8H2,1-2H3,(H,14,15)(H,16,17). The van der Waals surface area contributed by atoms with Crippen LogP contribution in [0.25, 0.3) is 0 Å². The van der Waals surface area contributed by atoms with Crippen LogP contribution in [0.4, 0.5) is 5.82 Å². The third-order valence-corrected chi connectivity index (χ3v) is 3.51. The number of thiophene rings is 1. The maximum atomic E-state index is 12.0. The normalized spacial score (nSPS) is 10.1. The summed E-state index contributed by atoms with van der Waals surface area (Å²) >= 11 is 1.69. The van der Waals surface area contributed by atoms with Gasteiger partial charge in [0.15, 0.2) is 0 Å². The fraction of sp³-hybridized carbons (Fsp3) is 0.231. The molecule has 0 aliphatic heterocycles. The van der Waals surface area contributed by atoms with E-state index in [9.17, 15) is 4.79 Å². The largest absolute Gasteiger partial charge is 0.372 e. The number of hydrogen-bond acceptors (Lipinski definition) is 4. The molecule has 0 aliphatic carbocycles. The molecular weight excluding hydrogens is 246 g/mol. The van der Waals surface area contributed by atoms with Gasteiger partial charge in [0.25, 0.3) is 5.91 Å². The molecule has 2 heterocycles. The summed E-state index contributed by atoms with van der Waals surface area (Å²) in [7, 11) is 1.75. The Morgan fingerprint density at radius 2 is 2.22 bits per heavy atom. The lowest BCUT2D eigenvalue weighted by Gasteiger charge is -2.07. The van der Waals surface area contributed by atoms with Gasteiger partial charge >= 0.3 is 0 Å². The molecule has 18 heavy (non-hydrogen) atoms. The molecular formula is C13H15N3OS. The van der Waals surface area contributed by atoms with Crippen LogP contribution in [0.1, 0.15) is 20.1 Å². The Kier molecular flexibility index (Phi) is 3.94. The molecule has 0 unspecified atom stereocenters. The number of amides is 1. The van der Waals surface area contributed by atoms with E-state index in [-0.39, 0.29) is 5.91 Å². The molecule has 2 N–H and O–H groups in total. The maximum absolute atomic E-state index is 12.0. The van der Waals surface area contributed by atoms with Crippen molar-refractivity contribution in [3.8, 4) is 0 Å². The van der Waals surface area contributed by atoms with Crippen LogP contribution < -0.4 is 10.6 Å². The first-order valence-electron chi connectivity index (χ1n) is 5.67. The molecule has 2 aromatic heterocycles. The number of anilines is 1. The predicted octanol–water partition coefficient (Wildman–Crippen LogP) is 2.42. The number of nitrogens with one attached hydrogen (secondary N) is 2. The number of carbonyl (C=O) groups is 1. The van der Waals surface area contributed by atoms with Gasteiger partial charge in [0.2, 0.25) is 0 Å².